The maximum absolute atomic E-state index is 14.5. The Morgan fingerprint density at radius 2 is 1.82 bits per heavy atom. The minimum absolute atomic E-state index is 0.0189. The van der Waals surface area contributed by atoms with Gasteiger partial charge in [0.15, 0.2) is 10.9 Å². The first-order chi connectivity index (χ1) is 16.0. The van der Waals surface area contributed by atoms with Crippen LogP contribution in [0.2, 0.25) is 0 Å². The summed E-state index contributed by atoms with van der Waals surface area (Å²) in [4.78, 5) is 28.0. The Bertz CT molecular complexity index is 1160. The highest BCUT2D eigenvalue weighted by molar-refractivity contribution is 7.99. The van der Waals surface area contributed by atoms with Gasteiger partial charge in [-0.3, -0.25) is 14.2 Å². The first-order valence-electron chi connectivity index (χ1n) is 10.9. The summed E-state index contributed by atoms with van der Waals surface area (Å²) in [5.41, 5.74) is 3.03. The predicted octanol–water partition coefficient (Wildman–Crippen LogP) is 3.61. The fourth-order valence-electron chi connectivity index (χ4n) is 3.93. The molecule has 2 heterocycles. The number of carbonyl (C=O) groups excluding carboxylic acids is 2. The molecule has 4 rings (SSSR count). The van der Waals surface area contributed by atoms with Crippen LogP contribution >= 0.6 is 11.8 Å². The molecule has 1 aromatic heterocycles. The van der Waals surface area contributed by atoms with Crippen LogP contribution in [-0.2, 0) is 11.2 Å². The molecule has 33 heavy (non-hydrogen) atoms. The fourth-order valence-corrected chi connectivity index (χ4v) is 4.75. The lowest BCUT2D eigenvalue weighted by molar-refractivity contribution is -0.128. The molecule has 1 saturated heterocycles. The molecular formula is C24H26FN5O2S. The van der Waals surface area contributed by atoms with Crippen molar-refractivity contribution in [3.05, 3.63) is 65.7 Å². The van der Waals surface area contributed by atoms with Crippen molar-refractivity contribution in [1.29, 1.82) is 0 Å². The number of anilines is 1. The summed E-state index contributed by atoms with van der Waals surface area (Å²) in [5.74, 6) is -0.299. The van der Waals surface area contributed by atoms with E-state index < -0.39 is 5.82 Å². The van der Waals surface area contributed by atoms with Crippen LogP contribution in [0.1, 0.15) is 29.8 Å². The van der Waals surface area contributed by atoms with Crippen molar-refractivity contribution < 1.29 is 14.0 Å². The zero-order chi connectivity index (χ0) is 23.4. The summed E-state index contributed by atoms with van der Waals surface area (Å²) in [5, 5.41) is 8.91. The van der Waals surface area contributed by atoms with Gasteiger partial charge in [0.1, 0.15) is 12.1 Å². The number of piperazine rings is 1. The maximum atomic E-state index is 14.5. The van der Waals surface area contributed by atoms with Gasteiger partial charge in [-0.05, 0) is 43.2 Å². The number of nitrogens with zero attached hydrogens (tertiary/aromatic N) is 5. The minimum Gasteiger partial charge on any atom is -0.366 e. The van der Waals surface area contributed by atoms with Gasteiger partial charge in [-0.2, -0.15) is 0 Å². The first kappa shape index (κ1) is 23.0. The second-order valence-electron chi connectivity index (χ2n) is 7.84. The molecule has 0 N–H and O–H groups in total. The van der Waals surface area contributed by atoms with Gasteiger partial charge in [0.05, 0.1) is 17.1 Å². The smallest absolute Gasteiger partial charge is 0.233 e. The van der Waals surface area contributed by atoms with Crippen molar-refractivity contribution in [3.8, 4) is 5.69 Å². The molecule has 0 bridgehead atoms. The number of hydrogen-bond acceptors (Lipinski definition) is 6. The molecule has 0 radical (unpaired) electrons. The third-order valence-corrected chi connectivity index (χ3v) is 6.73. The molecule has 7 nitrogen and oxygen atoms in total. The van der Waals surface area contributed by atoms with Crippen LogP contribution in [0.15, 0.2) is 53.9 Å². The monoisotopic (exact) mass is 467 g/mol. The zero-order valence-corrected chi connectivity index (χ0v) is 19.5. The fraction of sp³-hybridized carbons (Fsp3) is 0.333. The van der Waals surface area contributed by atoms with Gasteiger partial charge in [-0.1, -0.05) is 36.9 Å². The standard InChI is InChI=1S/C24H26FN5O2S/c1-3-18-6-4-5-7-21(18)30-16-26-27-24(30)33-15-23(32)29-12-10-28(11-13-29)22-9-8-19(17(2)31)14-20(22)25/h4-9,14,16H,3,10-13,15H2,1-2H3. The molecule has 0 saturated carbocycles. The molecule has 0 atom stereocenters. The van der Waals surface area contributed by atoms with E-state index in [1.807, 2.05) is 27.7 Å². The van der Waals surface area contributed by atoms with E-state index in [4.69, 9.17) is 0 Å². The summed E-state index contributed by atoms with van der Waals surface area (Å²) in [7, 11) is 0. The molecule has 0 unspecified atom stereocenters. The average Bonchev–Trinajstić information content (AvgIpc) is 3.31. The Hall–Kier alpha value is -3.20. The van der Waals surface area contributed by atoms with Gasteiger partial charge in [0, 0.05) is 31.7 Å². The average molecular weight is 468 g/mol. The van der Waals surface area contributed by atoms with E-state index in [9.17, 15) is 14.0 Å². The van der Waals surface area contributed by atoms with E-state index in [1.165, 1.54) is 30.3 Å². The van der Waals surface area contributed by atoms with Crippen LogP contribution in [0.3, 0.4) is 0 Å². The maximum Gasteiger partial charge on any atom is 0.233 e. The summed E-state index contributed by atoms with van der Waals surface area (Å²) in [6.07, 6.45) is 2.56. The lowest BCUT2D eigenvalue weighted by Gasteiger charge is -2.36. The van der Waals surface area contributed by atoms with Crippen LogP contribution < -0.4 is 4.90 Å². The zero-order valence-electron chi connectivity index (χ0n) is 18.7. The number of amides is 1. The highest BCUT2D eigenvalue weighted by atomic mass is 32.2. The van der Waals surface area contributed by atoms with Crippen molar-refractivity contribution in [1.82, 2.24) is 19.7 Å². The highest BCUT2D eigenvalue weighted by Gasteiger charge is 2.24. The third kappa shape index (κ3) is 5.08. The second-order valence-corrected chi connectivity index (χ2v) is 8.79. The SMILES string of the molecule is CCc1ccccc1-n1cnnc1SCC(=O)N1CCN(c2ccc(C(C)=O)cc2F)CC1. The number of aromatic nitrogens is 3. The van der Waals surface area contributed by atoms with Crippen LogP contribution in [-0.4, -0.2) is 63.3 Å². The van der Waals surface area contributed by atoms with Gasteiger partial charge in [-0.15, -0.1) is 10.2 Å². The number of halogens is 1. The topological polar surface area (TPSA) is 71.3 Å². The number of thioether (sulfide) groups is 1. The van der Waals surface area contributed by atoms with E-state index in [0.29, 0.717) is 42.6 Å². The van der Waals surface area contributed by atoms with Gasteiger partial charge < -0.3 is 9.80 Å². The molecule has 9 heteroatoms. The summed E-state index contributed by atoms with van der Waals surface area (Å²) in [6.45, 7) is 5.61. The number of para-hydroxylation sites is 1. The van der Waals surface area contributed by atoms with Crippen molar-refractivity contribution in [3.63, 3.8) is 0 Å². The molecule has 1 amide bonds. The van der Waals surface area contributed by atoms with Gasteiger partial charge in [0.2, 0.25) is 5.91 Å². The Kier molecular flexibility index (Phi) is 7.08. The molecular weight excluding hydrogens is 441 g/mol. The van der Waals surface area contributed by atoms with Gasteiger partial charge >= 0.3 is 0 Å². The van der Waals surface area contributed by atoms with Crippen molar-refractivity contribution in [2.45, 2.75) is 25.4 Å². The molecule has 172 valence electrons. The van der Waals surface area contributed by atoms with Crippen LogP contribution in [0.4, 0.5) is 10.1 Å². The summed E-state index contributed by atoms with van der Waals surface area (Å²) < 4.78 is 16.4. The summed E-state index contributed by atoms with van der Waals surface area (Å²) in [6, 6.07) is 12.6. The van der Waals surface area contributed by atoms with Crippen LogP contribution in [0.25, 0.3) is 5.69 Å². The lowest BCUT2D eigenvalue weighted by atomic mass is 10.1. The molecule has 1 fully saturated rings. The number of hydrogen-bond donors (Lipinski definition) is 0. The number of Topliss-reactive ketones (excluding diaryl/α,β-unsaturated/α-hetero) is 1. The third-order valence-electron chi connectivity index (χ3n) is 5.80. The van der Waals surface area contributed by atoms with E-state index in [-0.39, 0.29) is 17.4 Å². The highest BCUT2D eigenvalue weighted by Crippen LogP contribution is 2.25. The minimum atomic E-state index is -0.412. The molecule has 3 aromatic rings. The number of aryl methyl sites for hydroxylation is 1. The Labute approximate surface area is 196 Å². The van der Waals surface area contributed by atoms with Crippen LogP contribution in [0.5, 0.6) is 0 Å². The summed E-state index contributed by atoms with van der Waals surface area (Å²) >= 11 is 1.37. The van der Waals surface area contributed by atoms with E-state index in [2.05, 4.69) is 23.2 Å². The second kappa shape index (κ2) is 10.2. The number of ketones is 1. The lowest BCUT2D eigenvalue weighted by Crippen LogP contribution is -2.49. The van der Waals surface area contributed by atoms with Crippen molar-refractivity contribution >= 4 is 29.1 Å². The predicted molar refractivity (Wildman–Crippen MR) is 127 cm³/mol. The Balaban J connectivity index is 1.35. The molecule has 0 spiro atoms. The number of rotatable bonds is 7. The molecule has 2 aromatic carbocycles. The Morgan fingerprint density at radius 1 is 1.06 bits per heavy atom. The number of benzene rings is 2. The number of carbonyl (C=O) groups is 2. The Morgan fingerprint density at radius 3 is 2.52 bits per heavy atom. The van der Waals surface area contributed by atoms with Gasteiger partial charge in [0.25, 0.3) is 0 Å². The van der Waals surface area contributed by atoms with Crippen molar-refractivity contribution in [2.75, 3.05) is 36.8 Å². The largest absolute Gasteiger partial charge is 0.366 e. The van der Waals surface area contributed by atoms with Crippen LogP contribution in [0, 0.1) is 5.82 Å². The van der Waals surface area contributed by atoms with E-state index >= 15 is 0 Å². The van der Waals surface area contributed by atoms with E-state index in [0.717, 1.165) is 12.1 Å². The van der Waals surface area contributed by atoms with Gasteiger partial charge in [-0.25, -0.2) is 4.39 Å². The van der Waals surface area contributed by atoms with Crippen molar-refractivity contribution in [2.24, 2.45) is 0 Å². The quantitative estimate of drug-likeness (QED) is 0.391. The molecule has 1 aliphatic rings. The normalized spacial score (nSPS) is 13.9. The molecule has 1 aliphatic heterocycles. The molecule has 0 aliphatic carbocycles. The van der Waals surface area contributed by atoms with E-state index in [1.54, 1.807) is 23.4 Å². The first-order valence-corrected chi connectivity index (χ1v) is 11.9.